The fourth-order valence-electron chi connectivity index (χ4n) is 0.626. The summed E-state index contributed by atoms with van der Waals surface area (Å²) in [6, 6.07) is 9.12. The van der Waals surface area contributed by atoms with Gasteiger partial charge in [0.15, 0.2) is 28.8 Å². The van der Waals surface area contributed by atoms with Crippen molar-refractivity contribution in [1.82, 2.24) is 0 Å². The Morgan fingerprint density at radius 3 is 2.60 bits per heavy atom. The Kier molecular flexibility index (Phi) is 2.51. The smallest absolute Gasteiger partial charge is 0.192 e. The van der Waals surface area contributed by atoms with Crippen LogP contribution in [0.4, 0.5) is 0 Å². The summed E-state index contributed by atoms with van der Waals surface area (Å²) in [6.07, 6.45) is 0. The third kappa shape index (κ3) is 1.39. The quantitative estimate of drug-likeness (QED) is 0.711. The van der Waals surface area contributed by atoms with Gasteiger partial charge in [-0.25, -0.2) is 0 Å². The fourth-order valence-corrected chi connectivity index (χ4v) is 1.01. The molecule has 10 heavy (non-hydrogen) atoms. The van der Waals surface area contributed by atoms with Gasteiger partial charge in [0.2, 0.25) is 0 Å². The van der Waals surface area contributed by atoms with Crippen LogP contribution in [0.2, 0.25) is 0 Å². The average Bonchev–Trinajstić information content (AvgIpc) is 2.04. The molecule has 1 rings (SSSR count). The van der Waals surface area contributed by atoms with Crippen molar-refractivity contribution in [2.45, 2.75) is 0 Å². The number of benzene rings is 1. The van der Waals surface area contributed by atoms with Crippen LogP contribution in [0.15, 0.2) is 24.3 Å². The van der Waals surface area contributed by atoms with Crippen LogP contribution in [0.1, 0.15) is 5.56 Å². The van der Waals surface area contributed by atoms with E-state index < -0.39 is 0 Å². The van der Waals surface area contributed by atoms with E-state index in [0.29, 0.717) is 11.3 Å². The zero-order valence-corrected chi connectivity index (χ0v) is 7.20. The first-order valence-corrected chi connectivity index (χ1v) is 3.54. The molecule has 50 valence electrons. The Labute approximate surface area is 73.1 Å². The minimum atomic E-state index is 0.567. The maximum absolute atomic E-state index is 8.52. The number of hydrogen-bond donors (Lipinski definition) is 0. The van der Waals surface area contributed by atoms with Crippen LogP contribution in [0, 0.1) is 11.3 Å². The SMILES string of the molecule is N#Cc1ccccc1OI. The number of rotatable bonds is 1. The summed E-state index contributed by atoms with van der Waals surface area (Å²) in [6.45, 7) is 0. The normalized spacial score (nSPS) is 8.40. The monoisotopic (exact) mass is 245 g/mol. The van der Waals surface area contributed by atoms with Gasteiger partial charge in [-0.15, -0.1) is 0 Å². The Bertz CT molecular complexity index is 267. The van der Waals surface area contributed by atoms with Gasteiger partial charge < -0.3 is 3.07 Å². The zero-order chi connectivity index (χ0) is 7.40. The van der Waals surface area contributed by atoms with Crippen LogP contribution in [0.25, 0.3) is 0 Å². The zero-order valence-electron chi connectivity index (χ0n) is 5.04. The third-order valence-electron chi connectivity index (χ3n) is 1.09. The molecule has 0 N–H and O–H groups in total. The van der Waals surface area contributed by atoms with Gasteiger partial charge in [0.1, 0.15) is 6.07 Å². The number of hydrogen-bond acceptors (Lipinski definition) is 2. The number of para-hydroxylation sites is 1. The van der Waals surface area contributed by atoms with E-state index in [1.54, 1.807) is 41.2 Å². The van der Waals surface area contributed by atoms with E-state index in [9.17, 15) is 0 Å². The molecule has 0 amide bonds. The molecule has 0 heterocycles. The molecule has 0 aromatic heterocycles. The Hall–Kier alpha value is -0.760. The van der Waals surface area contributed by atoms with Gasteiger partial charge in [0.05, 0.1) is 5.56 Å². The Morgan fingerprint density at radius 1 is 1.40 bits per heavy atom. The lowest BCUT2D eigenvalue weighted by Gasteiger charge is -1.96. The lowest BCUT2D eigenvalue weighted by atomic mass is 10.2. The molecule has 0 aliphatic rings. The molecule has 0 aliphatic heterocycles. The van der Waals surface area contributed by atoms with Crippen molar-refractivity contribution in [3.05, 3.63) is 29.8 Å². The summed E-state index contributed by atoms with van der Waals surface area (Å²) < 4.78 is 4.88. The van der Waals surface area contributed by atoms with Crippen molar-refractivity contribution >= 4 is 23.0 Å². The van der Waals surface area contributed by atoms with Gasteiger partial charge >= 0.3 is 0 Å². The molecule has 0 spiro atoms. The highest BCUT2D eigenvalue weighted by atomic mass is 127. The van der Waals surface area contributed by atoms with E-state index >= 15 is 0 Å². The molecule has 0 bridgehead atoms. The highest BCUT2D eigenvalue weighted by Gasteiger charge is 1.97. The van der Waals surface area contributed by atoms with Gasteiger partial charge in [-0.05, 0) is 12.1 Å². The molecular formula is C7H4INO. The van der Waals surface area contributed by atoms with Crippen molar-refractivity contribution < 1.29 is 3.07 Å². The number of halogens is 1. The van der Waals surface area contributed by atoms with E-state index in [2.05, 4.69) is 0 Å². The van der Waals surface area contributed by atoms with Crippen molar-refractivity contribution in [3.8, 4) is 11.8 Å². The van der Waals surface area contributed by atoms with Crippen LogP contribution in [-0.4, -0.2) is 0 Å². The summed E-state index contributed by atoms with van der Waals surface area (Å²) in [7, 11) is 0. The Balaban J connectivity index is 3.12. The Morgan fingerprint density at radius 2 is 2.10 bits per heavy atom. The van der Waals surface area contributed by atoms with Crippen LogP contribution < -0.4 is 3.07 Å². The molecule has 1 aromatic carbocycles. The molecule has 0 radical (unpaired) electrons. The molecule has 1 aromatic rings. The fraction of sp³-hybridized carbons (Fsp3) is 0. The lowest BCUT2D eigenvalue weighted by molar-refractivity contribution is 0.714. The third-order valence-corrected chi connectivity index (χ3v) is 1.57. The second kappa shape index (κ2) is 3.42. The number of nitriles is 1. The first kappa shape index (κ1) is 7.35. The first-order chi connectivity index (χ1) is 4.88. The minimum Gasteiger partial charge on any atom is -0.426 e. The van der Waals surface area contributed by atoms with E-state index in [1.165, 1.54) is 0 Å². The van der Waals surface area contributed by atoms with Crippen molar-refractivity contribution in [2.24, 2.45) is 0 Å². The first-order valence-electron chi connectivity index (χ1n) is 2.66. The van der Waals surface area contributed by atoms with Crippen molar-refractivity contribution in [2.75, 3.05) is 0 Å². The van der Waals surface area contributed by atoms with Gasteiger partial charge in [-0.1, -0.05) is 12.1 Å². The van der Waals surface area contributed by atoms with Crippen LogP contribution in [-0.2, 0) is 0 Å². The predicted molar refractivity (Wildman–Crippen MR) is 45.8 cm³/mol. The molecule has 0 saturated carbocycles. The van der Waals surface area contributed by atoms with Gasteiger partial charge in [-0.2, -0.15) is 5.26 Å². The standard InChI is InChI=1S/C7H4INO/c8-10-7-4-2-1-3-6(7)5-9/h1-4H. The summed E-state index contributed by atoms with van der Waals surface area (Å²) >= 11 is 1.75. The largest absolute Gasteiger partial charge is 0.426 e. The lowest BCUT2D eigenvalue weighted by Crippen LogP contribution is -1.78. The van der Waals surface area contributed by atoms with E-state index in [0.717, 1.165) is 0 Å². The van der Waals surface area contributed by atoms with Crippen LogP contribution in [0.3, 0.4) is 0 Å². The highest BCUT2D eigenvalue weighted by molar-refractivity contribution is 14.1. The molecule has 0 atom stereocenters. The minimum absolute atomic E-state index is 0.567. The van der Waals surface area contributed by atoms with Crippen molar-refractivity contribution in [1.29, 1.82) is 5.26 Å². The van der Waals surface area contributed by atoms with Crippen molar-refractivity contribution in [3.63, 3.8) is 0 Å². The predicted octanol–water partition coefficient (Wildman–Crippen LogP) is 2.29. The number of nitrogens with zero attached hydrogens (tertiary/aromatic N) is 1. The second-order valence-corrected chi connectivity index (χ2v) is 2.13. The highest BCUT2D eigenvalue weighted by Crippen LogP contribution is 2.17. The molecule has 2 nitrogen and oxygen atoms in total. The summed E-state index contributed by atoms with van der Waals surface area (Å²) in [5.41, 5.74) is 0.567. The van der Waals surface area contributed by atoms with Gasteiger partial charge in [-0.3, -0.25) is 0 Å². The van der Waals surface area contributed by atoms with Crippen LogP contribution >= 0.6 is 23.0 Å². The molecular weight excluding hydrogens is 241 g/mol. The molecule has 0 aliphatic carbocycles. The van der Waals surface area contributed by atoms with Gasteiger partial charge in [0.25, 0.3) is 0 Å². The molecule has 0 fully saturated rings. The topological polar surface area (TPSA) is 33.0 Å². The maximum atomic E-state index is 8.52. The summed E-state index contributed by atoms with van der Waals surface area (Å²) in [5, 5.41) is 8.52. The average molecular weight is 245 g/mol. The van der Waals surface area contributed by atoms with E-state index in [4.69, 9.17) is 8.33 Å². The van der Waals surface area contributed by atoms with Gasteiger partial charge in [0, 0.05) is 0 Å². The summed E-state index contributed by atoms with van der Waals surface area (Å²) in [5.74, 6) is 0.616. The van der Waals surface area contributed by atoms with E-state index in [-0.39, 0.29) is 0 Å². The second-order valence-electron chi connectivity index (χ2n) is 1.69. The molecule has 0 saturated heterocycles. The molecule has 3 heteroatoms. The van der Waals surface area contributed by atoms with E-state index in [1.807, 2.05) is 12.1 Å². The maximum Gasteiger partial charge on any atom is 0.192 e. The van der Waals surface area contributed by atoms with Crippen LogP contribution in [0.5, 0.6) is 5.75 Å². The molecule has 0 unspecified atom stereocenters. The summed E-state index contributed by atoms with van der Waals surface area (Å²) in [4.78, 5) is 0.